The maximum Gasteiger partial charge on any atom is 0.261 e. The molecule has 0 unspecified atom stereocenters. The maximum atomic E-state index is 13.7. The smallest absolute Gasteiger partial charge is 0.261 e. The predicted octanol–water partition coefficient (Wildman–Crippen LogP) is 3.14. The van der Waals surface area contributed by atoms with Crippen molar-refractivity contribution in [3.8, 4) is 5.75 Å². The Bertz CT molecular complexity index is 718. The minimum atomic E-state index is -0.809. The molecule has 2 aromatic rings. The second-order valence-electron chi connectivity index (χ2n) is 4.54. The number of halogens is 3. The van der Waals surface area contributed by atoms with E-state index in [0.717, 1.165) is 24.3 Å². The summed E-state index contributed by atoms with van der Waals surface area (Å²) in [6.07, 6.45) is 0. The van der Waals surface area contributed by atoms with E-state index in [2.05, 4.69) is 0 Å². The van der Waals surface area contributed by atoms with E-state index in [1.54, 1.807) is 0 Å². The first-order valence-electron chi connectivity index (χ1n) is 6.25. The highest BCUT2D eigenvalue weighted by Gasteiger charge is 2.27. The summed E-state index contributed by atoms with van der Waals surface area (Å²) in [5.41, 5.74) is -0.0384. The van der Waals surface area contributed by atoms with E-state index in [1.807, 2.05) is 0 Å². The van der Waals surface area contributed by atoms with Crippen LogP contribution in [-0.4, -0.2) is 19.1 Å². The molecule has 0 N–H and O–H groups in total. The lowest BCUT2D eigenvalue weighted by Crippen LogP contribution is -2.38. The van der Waals surface area contributed by atoms with Crippen molar-refractivity contribution in [2.45, 2.75) is 0 Å². The number of nitrogens with zero attached hydrogens (tertiary/aromatic N) is 1. The molecule has 1 aliphatic heterocycles. The second kappa shape index (κ2) is 5.12. The largest absolute Gasteiger partial charge is 0.489 e. The third-order valence-corrected chi connectivity index (χ3v) is 3.19. The molecule has 6 heteroatoms. The molecule has 3 nitrogen and oxygen atoms in total. The number of carbonyl (C=O) groups excluding carboxylic acids is 1. The van der Waals surface area contributed by atoms with Gasteiger partial charge in [-0.05, 0) is 30.3 Å². The summed E-state index contributed by atoms with van der Waals surface area (Å²) in [5.74, 6) is -2.50. The number of benzene rings is 2. The van der Waals surface area contributed by atoms with Gasteiger partial charge in [0, 0.05) is 6.07 Å². The fraction of sp³-hybridized carbons (Fsp3) is 0.133. The summed E-state index contributed by atoms with van der Waals surface area (Å²) in [6, 6.07) is 6.38. The Labute approximate surface area is 118 Å². The number of rotatable bonds is 1. The summed E-state index contributed by atoms with van der Waals surface area (Å²) < 4.78 is 45.4. The molecule has 108 valence electrons. The van der Waals surface area contributed by atoms with Crippen LogP contribution in [0, 0.1) is 17.5 Å². The van der Waals surface area contributed by atoms with Crippen molar-refractivity contribution in [1.82, 2.24) is 0 Å². The summed E-state index contributed by atoms with van der Waals surface area (Å²) >= 11 is 0. The van der Waals surface area contributed by atoms with E-state index >= 15 is 0 Å². The monoisotopic (exact) mass is 293 g/mol. The number of fused-ring (bicyclic) bond motifs is 1. The number of anilines is 1. The van der Waals surface area contributed by atoms with E-state index in [1.165, 1.54) is 17.0 Å². The van der Waals surface area contributed by atoms with E-state index in [0.29, 0.717) is 5.69 Å². The summed E-state index contributed by atoms with van der Waals surface area (Å²) in [4.78, 5) is 13.6. The quantitative estimate of drug-likeness (QED) is 0.808. The molecule has 2 aromatic carbocycles. The van der Waals surface area contributed by atoms with Gasteiger partial charge in [0.2, 0.25) is 0 Å². The van der Waals surface area contributed by atoms with Crippen molar-refractivity contribution in [2.75, 3.05) is 18.1 Å². The minimum Gasteiger partial charge on any atom is -0.489 e. The Balaban J connectivity index is 2.02. The van der Waals surface area contributed by atoms with E-state index in [9.17, 15) is 18.0 Å². The second-order valence-corrected chi connectivity index (χ2v) is 4.54. The lowest BCUT2D eigenvalue weighted by molar-refractivity contribution is 0.0972. The van der Waals surface area contributed by atoms with Crippen LogP contribution in [0.3, 0.4) is 0 Å². The Hall–Kier alpha value is -2.50. The number of ether oxygens (including phenoxy) is 1. The molecule has 1 heterocycles. The SMILES string of the molecule is O=C(c1cc(F)ccc1F)N1CCOc2cc(F)ccc21. The van der Waals surface area contributed by atoms with Crippen molar-refractivity contribution in [3.63, 3.8) is 0 Å². The highest BCUT2D eigenvalue weighted by atomic mass is 19.1. The molecule has 0 bridgehead atoms. The lowest BCUT2D eigenvalue weighted by atomic mass is 10.1. The number of hydrogen-bond donors (Lipinski definition) is 0. The van der Waals surface area contributed by atoms with E-state index in [-0.39, 0.29) is 24.5 Å². The zero-order valence-electron chi connectivity index (χ0n) is 10.8. The van der Waals surface area contributed by atoms with Crippen molar-refractivity contribution in [3.05, 3.63) is 59.4 Å². The average Bonchev–Trinajstić information content (AvgIpc) is 2.48. The molecule has 0 spiro atoms. The number of amides is 1. The summed E-state index contributed by atoms with van der Waals surface area (Å²) in [6.45, 7) is 0.326. The molecule has 0 atom stereocenters. The van der Waals surface area contributed by atoms with Gasteiger partial charge in [-0.1, -0.05) is 0 Å². The van der Waals surface area contributed by atoms with Gasteiger partial charge in [-0.2, -0.15) is 0 Å². The Morgan fingerprint density at radius 2 is 1.76 bits per heavy atom. The zero-order chi connectivity index (χ0) is 15.0. The molecule has 0 radical (unpaired) electrons. The molecule has 0 aromatic heterocycles. The minimum absolute atomic E-state index is 0.152. The first kappa shape index (κ1) is 13.5. The van der Waals surface area contributed by atoms with E-state index in [4.69, 9.17) is 4.74 Å². The molecule has 21 heavy (non-hydrogen) atoms. The molecule has 0 saturated carbocycles. The molecule has 0 fully saturated rings. The third kappa shape index (κ3) is 2.44. The molecular weight excluding hydrogens is 283 g/mol. The molecule has 0 saturated heterocycles. The van der Waals surface area contributed by atoms with Gasteiger partial charge in [0.25, 0.3) is 5.91 Å². The predicted molar refractivity (Wildman–Crippen MR) is 69.9 cm³/mol. The number of hydrogen-bond acceptors (Lipinski definition) is 2. The van der Waals surface area contributed by atoms with Crippen LogP contribution in [0.1, 0.15) is 10.4 Å². The van der Waals surface area contributed by atoms with Gasteiger partial charge in [0.05, 0.1) is 17.8 Å². The molecular formula is C15H10F3NO2. The Morgan fingerprint density at radius 3 is 2.57 bits per heavy atom. The summed E-state index contributed by atoms with van der Waals surface area (Å²) in [5, 5.41) is 0. The Kier molecular flexibility index (Phi) is 3.29. The van der Waals surface area contributed by atoms with Crippen LogP contribution in [0.4, 0.5) is 18.9 Å². The fourth-order valence-corrected chi connectivity index (χ4v) is 2.21. The van der Waals surface area contributed by atoms with Crippen LogP contribution >= 0.6 is 0 Å². The van der Waals surface area contributed by atoms with Gasteiger partial charge in [0.15, 0.2) is 0 Å². The van der Waals surface area contributed by atoms with Crippen LogP contribution in [-0.2, 0) is 0 Å². The zero-order valence-corrected chi connectivity index (χ0v) is 10.8. The average molecular weight is 293 g/mol. The third-order valence-electron chi connectivity index (χ3n) is 3.19. The topological polar surface area (TPSA) is 29.5 Å². The first-order valence-corrected chi connectivity index (χ1v) is 6.25. The van der Waals surface area contributed by atoms with Crippen molar-refractivity contribution >= 4 is 11.6 Å². The van der Waals surface area contributed by atoms with Gasteiger partial charge in [-0.15, -0.1) is 0 Å². The van der Waals surface area contributed by atoms with Crippen molar-refractivity contribution in [1.29, 1.82) is 0 Å². The maximum absolute atomic E-state index is 13.7. The molecule has 0 aliphatic carbocycles. The van der Waals surface area contributed by atoms with Crippen LogP contribution in [0.5, 0.6) is 5.75 Å². The highest BCUT2D eigenvalue weighted by Crippen LogP contribution is 2.33. The fourth-order valence-electron chi connectivity index (χ4n) is 2.21. The van der Waals surface area contributed by atoms with Crippen LogP contribution < -0.4 is 9.64 Å². The molecule has 3 rings (SSSR count). The van der Waals surface area contributed by atoms with Crippen molar-refractivity contribution in [2.24, 2.45) is 0 Å². The standard InChI is InChI=1S/C15H10F3NO2/c16-9-1-3-12(18)11(7-9)15(20)19-5-6-21-14-8-10(17)2-4-13(14)19/h1-4,7-8H,5-6H2. The molecule has 1 aliphatic rings. The Morgan fingerprint density at radius 1 is 1.05 bits per heavy atom. The first-order chi connectivity index (χ1) is 10.1. The van der Waals surface area contributed by atoms with Gasteiger partial charge >= 0.3 is 0 Å². The van der Waals surface area contributed by atoms with Crippen LogP contribution in [0.2, 0.25) is 0 Å². The normalized spacial score (nSPS) is 13.6. The van der Waals surface area contributed by atoms with Gasteiger partial charge in [-0.3, -0.25) is 4.79 Å². The molecule has 1 amide bonds. The van der Waals surface area contributed by atoms with Crippen molar-refractivity contribution < 1.29 is 22.7 Å². The van der Waals surface area contributed by atoms with Crippen LogP contribution in [0.25, 0.3) is 0 Å². The highest BCUT2D eigenvalue weighted by molar-refractivity contribution is 6.07. The van der Waals surface area contributed by atoms with Gasteiger partial charge in [-0.25, -0.2) is 13.2 Å². The van der Waals surface area contributed by atoms with Crippen LogP contribution in [0.15, 0.2) is 36.4 Å². The summed E-state index contributed by atoms with van der Waals surface area (Å²) in [7, 11) is 0. The lowest BCUT2D eigenvalue weighted by Gasteiger charge is -2.29. The van der Waals surface area contributed by atoms with Gasteiger partial charge in [0.1, 0.15) is 29.8 Å². The number of carbonyl (C=O) groups is 1. The van der Waals surface area contributed by atoms with Gasteiger partial charge < -0.3 is 9.64 Å². The van der Waals surface area contributed by atoms with E-state index < -0.39 is 23.4 Å².